The number of rotatable bonds is 2. The Labute approximate surface area is 96.2 Å². The third-order valence-electron chi connectivity index (χ3n) is 1.80. The molecule has 0 fully saturated rings. The number of hydrogen-bond donors (Lipinski definition) is 0. The lowest BCUT2D eigenvalue weighted by atomic mass is 10.1. The molecule has 0 aliphatic rings. The number of carbonyl (C=O) groups excluding carboxylic acids is 1. The van der Waals surface area contributed by atoms with Crippen LogP contribution in [0.4, 0.5) is 4.39 Å². The lowest BCUT2D eigenvalue weighted by Crippen LogP contribution is -1.88. The molecule has 0 atom stereocenters. The van der Waals surface area contributed by atoms with Crippen molar-refractivity contribution >= 4 is 30.0 Å². The summed E-state index contributed by atoms with van der Waals surface area (Å²) in [7, 11) is 0. The van der Waals surface area contributed by atoms with Gasteiger partial charge >= 0.3 is 0 Å². The molecule has 2 nitrogen and oxygen atoms in total. The second-order valence-electron chi connectivity index (χ2n) is 2.69. The fourth-order valence-corrected chi connectivity index (χ4v) is 1.87. The van der Waals surface area contributed by atoms with Crippen LogP contribution < -0.4 is 0 Å². The summed E-state index contributed by atoms with van der Waals surface area (Å²) in [6.45, 7) is 0. The molecule has 0 radical (unpaired) electrons. The van der Waals surface area contributed by atoms with Gasteiger partial charge in [-0.15, -0.1) is 23.7 Å². The normalized spacial score (nSPS) is 9.40. The van der Waals surface area contributed by atoms with E-state index in [0.29, 0.717) is 17.4 Å². The van der Waals surface area contributed by atoms with Crippen molar-refractivity contribution in [3.8, 4) is 10.6 Å². The first-order valence-electron chi connectivity index (χ1n) is 3.96. The number of thiazole rings is 1. The van der Waals surface area contributed by atoms with E-state index in [9.17, 15) is 9.18 Å². The van der Waals surface area contributed by atoms with Gasteiger partial charge in [-0.05, 0) is 18.2 Å². The molecule has 1 aromatic heterocycles. The van der Waals surface area contributed by atoms with Crippen LogP contribution in [0, 0.1) is 5.82 Å². The van der Waals surface area contributed by atoms with Gasteiger partial charge in [0.05, 0.1) is 0 Å². The Balaban J connectivity index is 0.00000112. The highest BCUT2D eigenvalue weighted by molar-refractivity contribution is 7.13. The topological polar surface area (TPSA) is 30.0 Å². The van der Waals surface area contributed by atoms with Crippen LogP contribution in [0.15, 0.2) is 29.8 Å². The minimum atomic E-state index is -0.410. The van der Waals surface area contributed by atoms with Crippen molar-refractivity contribution in [3.63, 3.8) is 0 Å². The van der Waals surface area contributed by atoms with Crippen LogP contribution in [0.1, 0.15) is 10.4 Å². The van der Waals surface area contributed by atoms with Gasteiger partial charge in [-0.25, -0.2) is 9.37 Å². The van der Waals surface area contributed by atoms with Gasteiger partial charge in [0.2, 0.25) is 0 Å². The first kappa shape index (κ1) is 11.8. The largest absolute Gasteiger partial charge is 0.298 e. The molecule has 2 rings (SSSR count). The van der Waals surface area contributed by atoms with E-state index in [-0.39, 0.29) is 12.4 Å². The molecule has 2 aromatic rings. The van der Waals surface area contributed by atoms with Gasteiger partial charge in [-0.1, -0.05) is 0 Å². The summed E-state index contributed by atoms with van der Waals surface area (Å²) in [4.78, 5) is 14.7. The third-order valence-corrected chi connectivity index (χ3v) is 2.61. The molecule has 0 aliphatic carbocycles. The minimum Gasteiger partial charge on any atom is -0.298 e. The maximum Gasteiger partial charge on any atom is 0.150 e. The number of aromatic nitrogens is 1. The highest BCUT2D eigenvalue weighted by Crippen LogP contribution is 2.25. The Hall–Kier alpha value is -1.26. The number of benzene rings is 1. The number of halogens is 2. The summed E-state index contributed by atoms with van der Waals surface area (Å²) < 4.78 is 12.8. The van der Waals surface area contributed by atoms with E-state index in [2.05, 4.69) is 4.98 Å². The number of aldehydes is 1. The van der Waals surface area contributed by atoms with E-state index >= 15 is 0 Å². The smallest absolute Gasteiger partial charge is 0.150 e. The van der Waals surface area contributed by atoms with Crippen LogP contribution >= 0.6 is 23.7 Å². The standard InChI is InChI=1S/C10H6FNOS.ClH/c11-8-1-2-9(7(5-8)6-13)10-12-3-4-14-10;/h1-6H;1H. The van der Waals surface area contributed by atoms with Gasteiger partial charge in [0, 0.05) is 22.7 Å². The molecule has 0 unspecified atom stereocenters. The van der Waals surface area contributed by atoms with E-state index < -0.39 is 5.82 Å². The van der Waals surface area contributed by atoms with Crippen LogP contribution in [0.3, 0.4) is 0 Å². The van der Waals surface area contributed by atoms with E-state index in [4.69, 9.17) is 0 Å². The second kappa shape index (κ2) is 5.00. The number of carbonyl (C=O) groups is 1. The molecule has 0 bridgehead atoms. The first-order valence-corrected chi connectivity index (χ1v) is 4.84. The lowest BCUT2D eigenvalue weighted by molar-refractivity contribution is 0.112. The Morgan fingerprint density at radius 3 is 2.80 bits per heavy atom. The molecule has 0 amide bonds. The summed E-state index contributed by atoms with van der Waals surface area (Å²) in [5, 5.41) is 2.54. The number of nitrogens with zero attached hydrogens (tertiary/aromatic N) is 1. The van der Waals surface area contributed by atoms with Gasteiger partial charge in [0.1, 0.15) is 10.8 Å². The molecule has 1 heterocycles. The zero-order valence-corrected chi connectivity index (χ0v) is 9.15. The Morgan fingerprint density at radius 2 is 2.20 bits per heavy atom. The zero-order chi connectivity index (χ0) is 9.97. The third kappa shape index (κ3) is 2.40. The molecule has 0 saturated heterocycles. The summed E-state index contributed by atoms with van der Waals surface area (Å²) in [5.74, 6) is -0.410. The van der Waals surface area contributed by atoms with Crippen molar-refractivity contribution in [2.45, 2.75) is 0 Å². The van der Waals surface area contributed by atoms with Crippen molar-refractivity contribution < 1.29 is 9.18 Å². The predicted octanol–water partition coefficient (Wildman–Crippen LogP) is 3.18. The zero-order valence-electron chi connectivity index (χ0n) is 7.51. The molecule has 78 valence electrons. The van der Waals surface area contributed by atoms with E-state index in [0.717, 1.165) is 5.01 Å². The van der Waals surface area contributed by atoms with Gasteiger partial charge in [-0.2, -0.15) is 0 Å². The van der Waals surface area contributed by atoms with Crippen LogP contribution in [-0.4, -0.2) is 11.3 Å². The monoisotopic (exact) mass is 243 g/mol. The van der Waals surface area contributed by atoms with Crippen LogP contribution in [0.25, 0.3) is 10.6 Å². The van der Waals surface area contributed by atoms with Crippen molar-refractivity contribution in [1.82, 2.24) is 4.98 Å². The fraction of sp³-hybridized carbons (Fsp3) is 0. The van der Waals surface area contributed by atoms with Crippen molar-refractivity contribution in [1.29, 1.82) is 0 Å². The van der Waals surface area contributed by atoms with Crippen LogP contribution in [0.5, 0.6) is 0 Å². The molecule has 0 spiro atoms. The van der Waals surface area contributed by atoms with Gasteiger partial charge < -0.3 is 0 Å². The van der Waals surface area contributed by atoms with Gasteiger partial charge in [0.25, 0.3) is 0 Å². The van der Waals surface area contributed by atoms with E-state index in [1.54, 1.807) is 12.3 Å². The molecular formula is C10H7ClFNOS. The van der Waals surface area contributed by atoms with Crippen molar-refractivity contribution in [2.75, 3.05) is 0 Å². The highest BCUT2D eigenvalue weighted by Gasteiger charge is 2.07. The van der Waals surface area contributed by atoms with Crippen molar-refractivity contribution in [3.05, 3.63) is 41.2 Å². The quantitative estimate of drug-likeness (QED) is 0.759. The maximum atomic E-state index is 12.8. The number of hydrogen-bond acceptors (Lipinski definition) is 3. The SMILES string of the molecule is Cl.O=Cc1cc(F)ccc1-c1nccs1. The summed E-state index contributed by atoms with van der Waals surface area (Å²) in [6, 6.07) is 4.10. The van der Waals surface area contributed by atoms with Gasteiger partial charge in [-0.3, -0.25) is 4.79 Å². The van der Waals surface area contributed by atoms with Crippen molar-refractivity contribution in [2.24, 2.45) is 0 Å². The summed E-state index contributed by atoms with van der Waals surface area (Å²) >= 11 is 1.42. The molecule has 0 aliphatic heterocycles. The predicted molar refractivity (Wildman–Crippen MR) is 60.1 cm³/mol. The summed E-state index contributed by atoms with van der Waals surface area (Å²) in [6.07, 6.45) is 2.29. The Kier molecular flexibility index (Phi) is 3.94. The molecule has 15 heavy (non-hydrogen) atoms. The van der Waals surface area contributed by atoms with Crippen LogP contribution in [0.2, 0.25) is 0 Å². The van der Waals surface area contributed by atoms with Gasteiger partial charge in [0.15, 0.2) is 6.29 Å². The molecule has 0 saturated carbocycles. The average Bonchev–Trinajstić information content (AvgIpc) is 2.70. The van der Waals surface area contributed by atoms with E-state index in [1.807, 2.05) is 5.38 Å². The first-order chi connectivity index (χ1) is 6.81. The Morgan fingerprint density at radius 1 is 1.40 bits per heavy atom. The minimum absolute atomic E-state index is 0. The molecular weight excluding hydrogens is 237 g/mol. The maximum absolute atomic E-state index is 12.8. The fourth-order valence-electron chi connectivity index (χ4n) is 1.18. The molecule has 1 aromatic carbocycles. The summed E-state index contributed by atoms with van der Waals surface area (Å²) in [5.41, 5.74) is 1.01. The molecule has 5 heteroatoms. The van der Waals surface area contributed by atoms with Crippen LogP contribution in [-0.2, 0) is 0 Å². The highest BCUT2D eigenvalue weighted by atomic mass is 35.5. The second-order valence-corrected chi connectivity index (χ2v) is 3.58. The average molecular weight is 244 g/mol. The molecule has 0 N–H and O–H groups in total. The lowest BCUT2D eigenvalue weighted by Gasteiger charge is -1.99. The van der Waals surface area contributed by atoms with E-state index in [1.165, 1.54) is 23.5 Å². The Bertz CT molecular complexity index is 458.